The largest absolute Gasteiger partial charge is 0.477 e. The molecule has 19 heteroatoms. The molecule has 0 saturated carbocycles. The summed E-state index contributed by atoms with van der Waals surface area (Å²) in [4.78, 5) is 88.2. The predicted octanol–water partition coefficient (Wildman–Crippen LogP) is -1.65. The summed E-state index contributed by atoms with van der Waals surface area (Å²) in [7, 11) is 1.19. The molecule has 0 spiro atoms. The highest BCUT2D eigenvalue weighted by Crippen LogP contribution is 2.47. The molecule has 0 aliphatic carbocycles. The van der Waals surface area contributed by atoms with Crippen molar-refractivity contribution in [2.75, 3.05) is 19.4 Å². The summed E-state index contributed by atoms with van der Waals surface area (Å²) < 4.78 is 7.15. The molecule has 3 aliphatic rings. The van der Waals surface area contributed by atoms with Crippen LogP contribution >= 0.6 is 23.1 Å². The maximum Gasteiger partial charge on any atom is 0.352 e. The average molecular weight is 646 g/mol. The average Bonchev–Trinajstić information content (AvgIpc) is 3.63. The number of thiophene rings is 1. The fraction of sp³-hybridized carbons (Fsp3) is 0.280. The number of fused-ring (bicyclic) bond motifs is 1. The number of hydrogen-bond donors (Lipinski definition) is 6. The van der Waals surface area contributed by atoms with Gasteiger partial charge in [0.2, 0.25) is 11.8 Å². The summed E-state index contributed by atoms with van der Waals surface area (Å²) >= 11 is 2.30. The van der Waals surface area contributed by atoms with E-state index in [1.807, 2.05) is 5.32 Å². The number of nitrogens with one attached hydrogen (secondary N) is 4. The minimum absolute atomic E-state index is 0.0939. The number of pyridine rings is 1. The van der Waals surface area contributed by atoms with Gasteiger partial charge in [-0.05, 0) is 11.4 Å². The van der Waals surface area contributed by atoms with E-state index in [2.05, 4.69) is 16.1 Å². The second-order valence-electron chi connectivity index (χ2n) is 9.62. The van der Waals surface area contributed by atoms with Crippen LogP contribution in [0.15, 0.2) is 53.3 Å². The van der Waals surface area contributed by atoms with Gasteiger partial charge in [-0.3, -0.25) is 29.4 Å². The zero-order valence-corrected chi connectivity index (χ0v) is 24.4. The fourth-order valence-electron chi connectivity index (χ4n) is 4.81. The van der Waals surface area contributed by atoms with Crippen LogP contribution in [0.1, 0.15) is 21.3 Å². The van der Waals surface area contributed by atoms with Gasteiger partial charge in [-0.2, -0.15) is 0 Å². The number of aliphatic carboxylic acids is 1. The molecule has 3 aliphatic heterocycles. The van der Waals surface area contributed by atoms with Crippen molar-refractivity contribution in [3.8, 4) is 0 Å². The highest BCUT2D eigenvalue weighted by Gasteiger charge is 2.67. The summed E-state index contributed by atoms with van der Waals surface area (Å²) in [6, 6.07) is 2.99. The number of thioether (sulfide) groups is 1. The van der Waals surface area contributed by atoms with Crippen molar-refractivity contribution in [1.29, 1.82) is 0 Å². The summed E-state index contributed by atoms with van der Waals surface area (Å²) in [6.45, 7) is -0.326. The number of amides is 8. The first-order chi connectivity index (χ1) is 20.9. The first-order valence-corrected chi connectivity index (χ1v) is 14.7. The molecule has 0 radical (unpaired) electrons. The number of ether oxygens (including phenoxy) is 1. The second-order valence-corrected chi connectivity index (χ2v) is 11.7. The van der Waals surface area contributed by atoms with Crippen LogP contribution < -0.4 is 31.7 Å². The number of carbonyl (C=O) groups excluding carboxylic acids is 6. The van der Waals surface area contributed by atoms with Crippen molar-refractivity contribution < 1.29 is 48.0 Å². The van der Waals surface area contributed by atoms with Gasteiger partial charge in [0, 0.05) is 35.4 Å². The molecule has 7 N–H and O–H groups in total. The Bertz CT molecular complexity index is 1600. The number of primary amides is 1. The van der Waals surface area contributed by atoms with Gasteiger partial charge in [-0.25, -0.2) is 29.4 Å². The van der Waals surface area contributed by atoms with Gasteiger partial charge in [0.05, 0.1) is 5.56 Å². The standard InChI is InChI=1S/C25H24N8O9S2/c1-42-25(29-19(36)16(14-3-2-8-43-14)28-23(40)30-32-10-15(34)27-24(32)41)21(39)33-17(20(37)38)13(11-44-22(25)33)9-31-6-4-12(5-7-31)18(26)35/h2-8,16,22H,9-11H2,1H3,(H6-,26,27,28,29,30,34,35,36,37,38,40,41)/p+1/t16?,22?,25-/m1/s1. The molecule has 44 heavy (non-hydrogen) atoms. The lowest BCUT2D eigenvalue weighted by Gasteiger charge is -2.55. The minimum atomic E-state index is -1.96. The maximum absolute atomic E-state index is 13.6. The van der Waals surface area contributed by atoms with E-state index in [9.17, 15) is 38.7 Å². The number of nitrogens with two attached hydrogens (primary N) is 1. The van der Waals surface area contributed by atoms with Crippen LogP contribution in [-0.2, 0) is 30.5 Å². The van der Waals surface area contributed by atoms with E-state index in [0.29, 0.717) is 10.5 Å². The predicted molar refractivity (Wildman–Crippen MR) is 150 cm³/mol. The number of rotatable bonds is 10. The summed E-state index contributed by atoms with van der Waals surface area (Å²) in [5.74, 6) is -4.13. The molecule has 3 atom stereocenters. The number of carboxylic acids is 1. The number of urea groups is 2. The van der Waals surface area contributed by atoms with Crippen LogP contribution in [0.25, 0.3) is 0 Å². The molecule has 2 saturated heterocycles. The number of carboxylic acid groups (broad SMARTS) is 1. The third-order valence-electron chi connectivity index (χ3n) is 6.89. The van der Waals surface area contributed by atoms with Gasteiger partial charge in [0.25, 0.3) is 17.5 Å². The van der Waals surface area contributed by atoms with E-state index in [1.54, 1.807) is 34.5 Å². The Hall–Kier alpha value is -5.01. The van der Waals surface area contributed by atoms with Crippen LogP contribution in [0.3, 0.4) is 0 Å². The Morgan fingerprint density at radius 2 is 1.95 bits per heavy atom. The van der Waals surface area contributed by atoms with E-state index in [1.165, 1.54) is 31.0 Å². The molecule has 0 aromatic carbocycles. The SMILES string of the molecule is CO[C@]1(NC(=O)C(NC(=O)NN2CC(=O)NC2=O)c2cccs2)C(=O)N2C(C(=O)O)=C(C[n+]3ccc(C(N)=O)cc3)CSC21. The highest BCUT2D eigenvalue weighted by atomic mass is 32.2. The van der Waals surface area contributed by atoms with Crippen LogP contribution in [0.2, 0.25) is 0 Å². The lowest BCUT2D eigenvalue weighted by atomic mass is 9.97. The lowest BCUT2D eigenvalue weighted by Crippen LogP contribution is -2.81. The number of nitrogens with zero attached hydrogens (tertiary/aromatic N) is 3. The molecule has 5 heterocycles. The smallest absolute Gasteiger partial charge is 0.352 e. The van der Waals surface area contributed by atoms with Gasteiger partial charge >= 0.3 is 18.0 Å². The van der Waals surface area contributed by atoms with E-state index < -0.39 is 65.3 Å². The van der Waals surface area contributed by atoms with E-state index >= 15 is 0 Å². The zero-order chi connectivity index (χ0) is 31.8. The Kier molecular flexibility index (Phi) is 8.26. The van der Waals surface area contributed by atoms with Crippen LogP contribution in [0.5, 0.6) is 0 Å². The normalized spacial score (nSPS) is 21.7. The van der Waals surface area contributed by atoms with Crippen molar-refractivity contribution in [2.24, 2.45) is 5.73 Å². The van der Waals surface area contributed by atoms with E-state index in [4.69, 9.17) is 10.5 Å². The molecule has 5 rings (SSSR count). The molecule has 2 fully saturated rings. The molecule has 230 valence electrons. The first kappa shape index (κ1) is 30.4. The van der Waals surface area contributed by atoms with Gasteiger partial charge in [0.1, 0.15) is 23.7 Å². The third-order valence-corrected chi connectivity index (χ3v) is 9.20. The fourth-order valence-corrected chi connectivity index (χ4v) is 7.01. The first-order valence-electron chi connectivity index (χ1n) is 12.7. The van der Waals surface area contributed by atoms with Gasteiger partial charge < -0.3 is 26.2 Å². The highest BCUT2D eigenvalue weighted by molar-refractivity contribution is 8.00. The molecule has 8 amide bonds. The lowest BCUT2D eigenvalue weighted by molar-refractivity contribution is -0.689. The van der Waals surface area contributed by atoms with Crippen molar-refractivity contribution in [1.82, 2.24) is 31.3 Å². The molecule has 0 bridgehead atoms. The second kappa shape index (κ2) is 11.9. The summed E-state index contributed by atoms with van der Waals surface area (Å²) in [5, 5.41) is 18.5. The number of aromatic nitrogens is 1. The molecule has 2 unspecified atom stereocenters. The van der Waals surface area contributed by atoms with Crippen molar-refractivity contribution in [3.05, 3.63) is 63.7 Å². The number of hydrogen-bond acceptors (Lipinski definition) is 10. The van der Waals surface area contributed by atoms with Crippen LogP contribution in [0, 0.1) is 0 Å². The maximum atomic E-state index is 13.6. The Balaban J connectivity index is 1.35. The number of hydrazine groups is 1. The quantitative estimate of drug-likeness (QED) is 0.0746. The number of imide groups is 1. The molecule has 2 aromatic heterocycles. The monoisotopic (exact) mass is 645 g/mol. The molecule has 2 aromatic rings. The van der Waals surface area contributed by atoms with Crippen molar-refractivity contribution in [2.45, 2.75) is 23.7 Å². The molecule has 17 nitrogen and oxygen atoms in total. The van der Waals surface area contributed by atoms with E-state index in [0.717, 1.165) is 21.2 Å². The van der Waals surface area contributed by atoms with Gasteiger partial charge in [0.15, 0.2) is 18.9 Å². The Labute approximate surface area is 256 Å². The number of carbonyl (C=O) groups is 7. The number of methoxy groups -OCH3 is 1. The topological polar surface area (TPSA) is 233 Å². The summed E-state index contributed by atoms with van der Waals surface area (Å²) in [5.41, 5.74) is 5.91. The molecular weight excluding hydrogens is 620 g/mol. The van der Waals surface area contributed by atoms with Crippen LogP contribution in [-0.4, -0.2) is 87.2 Å². The minimum Gasteiger partial charge on any atom is -0.477 e. The Morgan fingerprint density at radius 1 is 1.23 bits per heavy atom. The molecular formula is C25H25N8O9S2+. The van der Waals surface area contributed by atoms with Crippen LogP contribution in [0.4, 0.5) is 9.59 Å². The third kappa shape index (κ3) is 5.54. The number of β-lactam (4-membered cyclic amide) rings is 1. The summed E-state index contributed by atoms with van der Waals surface area (Å²) in [6.07, 6.45) is 3.12. The zero-order valence-electron chi connectivity index (χ0n) is 22.8. The Morgan fingerprint density at radius 3 is 2.52 bits per heavy atom. The van der Waals surface area contributed by atoms with E-state index in [-0.39, 0.29) is 23.6 Å². The van der Waals surface area contributed by atoms with Crippen molar-refractivity contribution >= 4 is 64.8 Å². The van der Waals surface area contributed by atoms with Gasteiger partial charge in [-0.1, -0.05) is 6.07 Å². The van der Waals surface area contributed by atoms with Crippen molar-refractivity contribution in [3.63, 3.8) is 0 Å². The van der Waals surface area contributed by atoms with Gasteiger partial charge in [-0.15, -0.1) is 23.1 Å².